The molecule has 3 rings (SSSR count). The SMILES string of the molecule is ClCCc1nc2c(Cl)cccc2n1CCn1cccn1. The minimum atomic E-state index is 0.544. The number of aryl methyl sites for hydroxylation is 3. The van der Waals surface area contributed by atoms with Gasteiger partial charge in [0.05, 0.1) is 17.1 Å². The first kappa shape index (κ1) is 13.5. The molecule has 2 aromatic heterocycles. The fraction of sp³-hybridized carbons (Fsp3) is 0.286. The smallest absolute Gasteiger partial charge is 0.111 e. The number of rotatable bonds is 5. The molecule has 4 nitrogen and oxygen atoms in total. The number of benzene rings is 1. The summed E-state index contributed by atoms with van der Waals surface area (Å²) in [7, 11) is 0. The molecule has 0 spiro atoms. The maximum absolute atomic E-state index is 6.22. The Kier molecular flexibility index (Phi) is 3.94. The number of imidazole rings is 1. The van der Waals surface area contributed by atoms with Crippen molar-refractivity contribution in [2.24, 2.45) is 0 Å². The Labute approximate surface area is 126 Å². The molecular formula is C14H14Cl2N4. The van der Waals surface area contributed by atoms with Crippen molar-refractivity contribution >= 4 is 34.2 Å². The van der Waals surface area contributed by atoms with E-state index in [4.69, 9.17) is 23.2 Å². The van der Waals surface area contributed by atoms with Gasteiger partial charge < -0.3 is 4.57 Å². The number of hydrogen-bond acceptors (Lipinski definition) is 2. The highest BCUT2D eigenvalue weighted by Crippen LogP contribution is 2.24. The van der Waals surface area contributed by atoms with Crippen molar-refractivity contribution in [2.45, 2.75) is 19.5 Å². The average molecular weight is 309 g/mol. The summed E-state index contributed by atoms with van der Waals surface area (Å²) < 4.78 is 4.08. The third-order valence-corrected chi connectivity index (χ3v) is 3.73. The van der Waals surface area contributed by atoms with Crippen LogP contribution >= 0.6 is 23.2 Å². The quantitative estimate of drug-likeness (QED) is 0.677. The minimum absolute atomic E-state index is 0.544. The van der Waals surface area contributed by atoms with E-state index < -0.39 is 0 Å². The second-order valence-electron chi connectivity index (χ2n) is 4.50. The Hall–Kier alpha value is -1.52. The van der Waals surface area contributed by atoms with Crippen LogP contribution in [0, 0.1) is 0 Å². The Morgan fingerprint density at radius 3 is 2.80 bits per heavy atom. The molecule has 0 atom stereocenters. The number of aromatic nitrogens is 4. The monoisotopic (exact) mass is 308 g/mol. The third kappa shape index (κ3) is 2.53. The summed E-state index contributed by atoms with van der Waals surface area (Å²) in [6.45, 7) is 1.59. The molecule has 0 fully saturated rings. The molecule has 3 aromatic rings. The summed E-state index contributed by atoms with van der Waals surface area (Å²) in [5.74, 6) is 1.51. The zero-order valence-corrected chi connectivity index (χ0v) is 12.3. The van der Waals surface area contributed by atoms with Gasteiger partial charge in [0.25, 0.3) is 0 Å². The lowest BCUT2D eigenvalue weighted by Gasteiger charge is -2.08. The van der Waals surface area contributed by atoms with Crippen LogP contribution in [-0.4, -0.2) is 25.2 Å². The highest BCUT2D eigenvalue weighted by Gasteiger charge is 2.12. The Morgan fingerprint density at radius 2 is 2.05 bits per heavy atom. The van der Waals surface area contributed by atoms with Crippen molar-refractivity contribution in [3.63, 3.8) is 0 Å². The predicted molar refractivity (Wildman–Crippen MR) is 81.4 cm³/mol. The molecule has 0 aliphatic heterocycles. The molecule has 0 amide bonds. The third-order valence-electron chi connectivity index (χ3n) is 3.24. The van der Waals surface area contributed by atoms with E-state index in [0.717, 1.165) is 36.4 Å². The van der Waals surface area contributed by atoms with E-state index in [1.165, 1.54) is 0 Å². The molecule has 1 aromatic carbocycles. The fourth-order valence-electron chi connectivity index (χ4n) is 2.32. The number of nitrogens with zero attached hydrogens (tertiary/aromatic N) is 4. The number of fused-ring (bicyclic) bond motifs is 1. The zero-order valence-electron chi connectivity index (χ0n) is 10.8. The van der Waals surface area contributed by atoms with Gasteiger partial charge >= 0.3 is 0 Å². The molecule has 20 heavy (non-hydrogen) atoms. The van der Waals surface area contributed by atoms with Crippen LogP contribution in [0.3, 0.4) is 0 Å². The lowest BCUT2D eigenvalue weighted by Crippen LogP contribution is -2.11. The van der Waals surface area contributed by atoms with E-state index in [1.54, 1.807) is 6.20 Å². The topological polar surface area (TPSA) is 35.6 Å². The van der Waals surface area contributed by atoms with Crippen LogP contribution in [0.5, 0.6) is 0 Å². The lowest BCUT2D eigenvalue weighted by atomic mass is 10.3. The van der Waals surface area contributed by atoms with Crippen molar-refractivity contribution in [1.82, 2.24) is 19.3 Å². The van der Waals surface area contributed by atoms with Gasteiger partial charge in [-0.1, -0.05) is 17.7 Å². The fourth-order valence-corrected chi connectivity index (χ4v) is 2.70. The predicted octanol–water partition coefficient (Wildman–Crippen LogP) is 3.37. The average Bonchev–Trinajstić information content (AvgIpc) is 3.05. The summed E-state index contributed by atoms with van der Waals surface area (Å²) in [6.07, 6.45) is 4.46. The first-order valence-corrected chi connectivity index (χ1v) is 7.38. The van der Waals surface area contributed by atoms with Crippen molar-refractivity contribution in [3.05, 3.63) is 47.5 Å². The van der Waals surface area contributed by atoms with E-state index in [0.29, 0.717) is 10.9 Å². The molecule has 0 aliphatic rings. The van der Waals surface area contributed by atoms with Crippen molar-refractivity contribution < 1.29 is 0 Å². The largest absolute Gasteiger partial charge is 0.326 e. The molecule has 0 saturated heterocycles. The number of halogens is 2. The van der Waals surface area contributed by atoms with E-state index >= 15 is 0 Å². The van der Waals surface area contributed by atoms with Gasteiger partial charge in [-0.2, -0.15) is 5.10 Å². The zero-order chi connectivity index (χ0) is 13.9. The summed E-state index contributed by atoms with van der Waals surface area (Å²) in [6, 6.07) is 7.76. The highest BCUT2D eigenvalue weighted by atomic mass is 35.5. The Morgan fingerprint density at radius 1 is 1.15 bits per heavy atom. The van der Waals surface area contributed by atoms with E-state index in [9.17, 15) is 0 Å². The minimum Gasteiger partial charge on any atom is -0.326 e. The second-order valence-corrected chi connectivity index (χ2v) is 5.28. The van der Waals surface area contributed by atoms with Gasteiger partial charge in [0, 0.05) is 31.2 Å². The lowest BCUT2D eigenvalue weighted by molar-refractivity contribution is 0.530. The van der Waals surface area contributed by atoms with Gasteiger partial charge in [-0.15, -0.1) is 11.6 Å². The van der Waals surface area contributed by atoms with Crippen LogP contribution in [0.4, 0.5) is 0 Å². The van der Waals surface area contributed by atoms with Crippen LogP contribution in [-0.2, 0) is 19.5 Å². The number of alkyl halides is 1. The molecule has 0 aliphatic carbocycles. The molecule has 0 saturated carbocycles. The van der Waals surface area contributed by atoms with Gasteiger partial charge in [-0.25, -0.2) is 4.98 Å². The van der Waals surface area contributed by atoms with Crippen LogP contribution in [0.15, 0.2) is 36.7 Å². The Balaban J connectivity index is 1.98. The number of hydrogen-bond donors (Lipinski definition) is 0. The first-order chi connectivity index (χ1) is 9.79. The van der Waals surface area contributed by atoms with Gasteiger partial charge in [0.15, 0.2) is 0 Å². The maximum Gasteiger partial charge on any atom is 0.111 e. The number of para-hydroxylation sites is 1. The highest BCUT2D eigenvalue weighted by molar-refractivity contribution is 6.34. The molecule has 0 radical (unpaired) electrons. The Bertz CT molecular complexity index is 703. The second kappa shape index (κ2) is 5.85. The van der Waals surface area contributed by atoms with Gasteiger partial charge in [-0.3, -0.25) is 4.68 Å². The molecule has 0 N–H and O–H groups in total. The van der Waals surface area contributed by atoms with Crippen LogP contribution in [0.1, 0.15) is 5.82 Å². The molecule has 104 valence electrons. The van der Waals surface area contributed by atoms with Gasteiger partial charge in [0.1, 0.15) is 11.3 Å². The van der Waals surface area contributed by atoms with Crippen molar-refractivity contribution in [3.8, 4) is 0 Å². The van der Waals surface area contributed by atoms with Crippen molar-refractivity contribution in [1.29, 1.82) is 0 Å². The van der Waals surface area contributed by atoms with E-state index in [1.807, 2.05) is 35.1 Å². The molecule has 2 heterocycles. The molecule has 0 unspecified atom stereocenters. The summed E-state index contributed by atoms with van der Waals surface area (Å²) in [5.41, 5.74) is 1.89. The van der Waals surface area contributed by atoms with E-state index in [-0.39, 0.29) is 0 Å². The van der Waals surface area contributed by atoms with E-state index in [2.05, 4.69) is 14.6 Å². The standard InChI is InChI=1S/C14H14Cl2N4/c15-6-5-13-18-14-11(16)3-1-4-12(14)20(13)10-9-19-8-2-7-17-19/h1-4,7-8H,5-6,9-10H2. The van der Waals surface area contributed by atoms with Gasteiger partial charge in [0.2, 0.25) is 0 Å². The van der Waals surface area contributed by atoms with Crippen LogP contribution in [0.2, 0.25) is 5.02 Å². The summed E-state index contributed by atoms with van der Waals surface area (Å²) in [4.78, 5) is 4.62. The maximum atomic E-state index is 6.22. The summed E-state index contributed by atoms with van der Waals surface area (Å²) in [5, 5.41) is 4.90. The molecular weight excluding hydrogens is 295 g/mol. The molecule has 0 bridgehead atoms. The van der Waals surface area contributed by atoms with Crippen molar-refractivity contribution in [2.75, 3.05) is 5.88 Å². The van der Waals surface area contributed by atoms with Crippen LogP contribution < -0.4 is 0 Å². The normalized spacial score (nSPS) is 11.3. The van der Waals surface area contributed by atoms with Crippen LogP contribution in [0.25, 0.3) is 11.0 Å². The van der Waals surface area contributed by atoms with Gasteiger partial charge in [-0.05, 0) is 18.2 Å². The summed E-state index contributed by atoms with van der Waals surface area (Å²) >= 11 is 12.1. The first-order valence-electron chi connectivity index (χ1n) is 6.46. The molecule has 6 heteroatoms.